The molecule has 0 aliphatic heterocycles. The fourth-order valence-corrected chi connectivity index (χ4v) is 0.823. The van der Waals surface area contributed by atoms with Crippen LogP contribution in [0.4, 0.5) is 13.2 Å². The first kappa shape index (κ1) is 9.57. The van der Waals surface area contributed by atoms with Crippen LogP contribution in [-0.2, 0) is 0 Å². The summed E-state index contributed by atoms with van der Waals surface area (Å²) in [5, 5.41) is 8.93. The van der Waals surface area contributed by atoms with Gasteiger partial charge in [-0.25, -0.2) is 13.2 Å². The summed E-state index contributed by atoms with van der Waals surface area (Å²) in [6.45, 7) is 0. The number of phenolic OH excluding ortho intramolecular Hbond substituents is 1. The van der Waals surface area contributed by atoms with Gasteiger partial charge >= 0.3 is 6.43 Å². The first-order chi connectivity index (χ1) is 6.02. The molecule has 0 saturated carbocycles. The van der Waals surface area contributed by atoms with Crippen LogP contribution in [0.25, 0.3) is 0 Å². The number of rotatable bonds is 2. The van der Waals surface area contributed by atoms with Crippen LogP contribution in [-0.4, -0.2) is 17.3 Å². The molecule has 1 rings (SSSR count). The van der Waals surface area contributed by atoms with Crippen LogP contribution >= 0.6 is 0 Å². The molecule has 0 heterocycles. The monoisotopic (exact) mass is 190 g/mol. The fraction of sp³-hybridized carbons (Fsp3) is 0.125. The summed E-state index contributed by atoms with van der Waals surface area (Å²) in [6.07, 6.45) is -3.24. The van der Waals surface area contributed by atoms with Gasteiger partial charge in [0.05, 0.1) is 5.56 Å². The zero-order valence-electron chi connectivity index (χ0n) is 6.30. The van der Waals surface area contributed by atoms with E-state index in [9.17, 15) is 18.0 Å². The third kappa shape index (κ3) is 1.99. The molecule has 0 atom stereocenters. The van der Waals surface area contributed by atoms with Crippen molar-refractivity contribution in [1.29, 1.82) is 0 Å². The van der Waals surface area contributed by atoms with E-state index in [0.29, 0.717) is 6.07 Å². The molecule has 0 fully saturated rings. The number of alkyl halides is 2. The standard InChI is InChI=1S/C8H5F3O2/c9-4-1-2-6(12)5(3-4)7(13)8(10)11/h1-3,8,12H. The van der Waals surface area contributed by atoms with E-state index in [1.165, 1.54) is 0 Å². The molecule has 0 unspecified atom stereocenters. The van der Waals surface area contributed by atoms with Gasteiger partial charge in [0.2, 0.25) is 5.78 Å². The van der Waals surface area contributed by atoms with Gasteiger partial charge in [0, 0.05) is 0 Å². The Labute approximate surface area is 71.6 Å². The molecule has 13 heavy (non-hydrogen) atoms. The zero-order chi connectivity index (χ0) is 10.0. The van der Waals surface area contributed by atoms with E-state index in [2.05, 4.69) is 0 Å². The first-order valence-corrected chi connectivity index (χ1v) is 3.33. The summed E-state index contributed by atoms with van der Waals surface area (Å²) >= 11 is 0. The van der Waals surface area contributed by atoms with Crippen molar-refractivity contribution in [1.82, 2.24) is 0 Å². The number of Topliss-reactive ketones (excluding diaryl/α,β-unsaturated/α-hetero) is 1. The topological polar surface area (TPSA) is 37.3 Å². The molecule has 0 aromatic heterocycles. The van der Waals surface area contributed by atoms with Crippen LogP contribution in [0.2, 0.25) is 0 Å². The summed E-state index contributed by atoms with van der Waals surface area (Å²) in [5.41, 5.74) is -0.699. The first-order valence-electron chi connectivity index (χ1n) is 3.33. The van der Waals surface area contributed by atoms with E-state index < -0.39 is 29.3 Å². The van der Waals surface area contributed by atoms with E-state index in [1.54, 1.807) is 0 Å². The average molecular weight is 190 g/mol. The molecule has 0 aliphatic carbocycles. The van der Waals surface area contributed by atoms with Gasteiger partial charge in [0.1, 0.15) is 11.6 Å². The molecule has 0 saturated heterocycles. The Morgan fingerprint density at radius 2 is 2.00 bits per heavy atom. The highest BCUT2D eigenvalue weighted by molar-refractivity contribution is 6.00. The minimum atomic E-state index is -3.24. The Kier molecular flexibility index (Phi) is 2.55. The number of halogens is 3. The van der Waals surface area contributed by atoms with Gasteiger partial charge in [-0.05, 0) is 18.2 Å². The lowest BCUT2D eigenvalue weighted by Crippen LogP contribution is -2.10. The molecule has 0 bridgehead atoms. The second-order valence-corrected chi connectivity index (χ2v) is 2.33. The number of hydrogen-bond acceptors (Lipinski definition) is 2. The highest BCUT2D eigenvalue weighted by Gasteiger charge is 2.21. The molecule has 0 amide bonds. The molecule has 1 aromatic carbocycles. The van der Waals surface area contributed by atoms with E-state index in [-0.39, 0.29) is 0 Å². The maximum Gasteiger partial charge on any atom is 0.300 e. The predicted octanol–water partition coefficient (Wildman–Crippen LogP) is 1.98. The summed E-state index contributed by atoms with van der Waals surface area (Å²) in [4.78, 5) is 10.6. The van der Waals surface area contributed by atoms with E-state index in [4.69, 9.17) is 5.11 Å². The average Bonchev–Trinajstić information content (AvgIpc) is 2.08. The molecule has 2 nitrogen and oxygen atoms in total. The largest absolute Gasteiger partial charge is 0.507 e. The molecule has 70 valence electrons. The second kappa shape index (κ2) is 3.47. The number of aromatic hydroxyl groups is 1. The number of benzene rings is 1. The lowest BCUT2D eigenvalue weighted by Gasteiger charge is -2.01. The highest BCUT2D eigenvalue weighted by Crippen LogP contribution is 2.20. The Balaban J connectivity index is 3.13. The molecule has 0 aliphatic rings. The third-order valence-electron chi connectivity index (χ3n) is 1.42. The number of hydrogen-bond donors (Lipinski definition) is 1. The van der Waals surface area contributed by atoms with Crippen LogP contribution in [0.5, 0.6) is 5.75 Å². The van der Waals surface area contributed by atoms with Gasteiger partial charge in [0.15, 0.2) is 0 Å². The second-order valence-electron chi connectivity index (χ2n) is 2.33. The van der Waals surface area contributed by atoms with Gasteiger partial charge < -0.3 is 5.11 Å². The Morgan fingerprint density at radius 3 is 2.54 bits per heavy atom. The lowest BCUT2D eigenvalue weighted by atomic mass is 10.1. The van der Waals surface area contributed by atoms with Crippen molar-refractivity contribution in [3.8, 4) is 5.75 Å². The molecule has 0 radical (unpaired) electrons. The SMILES string of the molecule is O=C(c1cc(F)ccc1O)C(F)F. The van der Waals surface area contributed by atoms with Gasteiger partial charge in [-0.15, -0.1) is 0 Å². The van der Waals surface area contributed by atoms with Crippen LogP contribution in [0.15, 0.2) is 18.2 Å². The Bertz CT molecular complexity index is 336. The van der Waals surface area contributed by atoms with Crippen molar-refractivity contribution in [3.05, 3.63) is 29.6 Å². The molecular formula is C8H5F3O2. The number of phenols is 1. The molecule has 0 spiro atoms. The Morgan fingerprint density at radius 1 is 1.38 bits per heavy atom. The van der Waals surface area contributed by atoms with E-state index >= 15 is 0 Å². The maximum absolute atomic E-state index is 12.5. The van der Waals surface area contributed by atoms with E-state index in [1.807, 2.05) is 0 Å². The number of carbonyl (C=O) groups excluding carboxylic acids is 1. The van der Waals surface area contributed by atoms with Crippen molar-refractivity contribution in [2.45, 2.75) is 6.43 Å². The lowest BCUT2D eigenvalue weighted by molar-refractivity contribution is 0.0675. The fourth-order valence-electron chi connectivity index (χ4n) is 0.823. The van der Waals surface area contributed by atoms with Crippen molar-refractivity contribution < 1.29 is 23.1 Å². The Hall–Kier alpha value is -1.52. The van der Waals surface area contributed by atoms with E-state index in [0.717, 1.165) is 12.1 Å². The van der Waals surface area contributed by atoms with Gasteiger partial charge in [-0.2, -0.15) is 0 Å². The quantitative estimate of drug-likeness (QED) is 0.724. The highest BCUT2D eigenvalue weighted by atomic mass is 19.3. The van der Waals surface area contributed by atoms with Crippen molar-refractivity contribution in [2.24, 2.45) is 0 Å². The summed E-state index contributed by atoms with van der Waals surface area (Å²) < 4.78 is 36.1. The molecular weight excluding hydrogens is 185 g/mol. The predicted molar refractivity (Wildman–Crippen MR) is 38.4 cm³/mol. The third-order valence-corrected chi connectivity index (χ3v) is 1.42. The van der Waals surface area contributed by atoms with Crippen molar-refractivity contribution >= 4 is 5.78 Å². The summed E-state index contributed by atoms with van der Waals surface area (Å²) in [5.74, 6) is -3.08. The van der Waals surface area contributed by atoms with Gasteiger partial charge in [-0.1, -0.05) is 0 Å². The zero-order valence-corrected chi connectivity index (χ0v) is 6.30. The summed E-state index contributed by atoms with van der Waals surface area (Å²) in [6, 6.07) is 2.30. The van der Waals surface area contributed by atoms with Crippen molar-refractivity contribution in [2.75, 3.05) is 0 Å². The molecule has 1 N–H and O–H groups in total. The number of carbonyl (C=O) groups is 1. The summed E-state index contributed by atoms with van der Waals surface area (Å²) in [7, 11) is 0. The van der Waals surface area contributed by atoms with Crippen LogP contribution < -0.4 is 0 Å². The molecule has 1 aromatic rings. The van der Waals surface area contributed by atoms with Gasteiger partial charge in [0.25, 0.3) is 0 Å². The molecule has 5 heteroatoms. The van der Waals surface area contributed by atoms with Gasteiger partial charge in [-0.3, -0.25) is 4.79 Å². The van der Waals surface area contributed by atoms with Crippen LogP contribution in [0.3, 0.4) is 0 Å². The maximum atomic E-state index is 12.5. The normalized spacial score (nSPS) is 10.5. The minimum Gasteiger partial charge on any atom is -0.507 e. The number of ketones is 1. The van der Waals surface area contributed by atoms with Crippen LogP contribution in [0.1, 0.15) is 10.4 Å². The smallest absolute Gasteiger partial charge is 0.300 e. The van der Waals surface area contributed by atoms with Crippen LogP contribution in [0, 0.1) is 5.82 Å². The van der Waals surface area contributed by atoms with Crippen molar-refractivity contribution in [3.63, 3.8) is 0 Å². The minimum absolute atomic E-state index is 0.573.